The van der Waals surface area contributed by atoms with Crippen LogP contribution in [0.15, 0.2) is 0 Å². The highest BCUT2D eigenvalue weighted by atomic mass is 32.2. The van der Waals surface area contributed by atoms with Crippen LogP contribution in [-0.4, -0.2) is 32.5 Å². The van der Waals surface area contributed by atoms with E-state index in [-0.39, 0.29) is 17.2 Å². The van der Waals surface area contributed by atoms with Gasteiger partial charge >= 0.3 is 0 Å². The summed E-state index contributed by atoms with van der Waals surface area (Å²) in [4.78, 5) is 0. The van der Waals surface area contributed by atoms with Gasteiger partial charge < -0.3 is 5.32 Å². The molecule has 4 unspecified atom stereocenters. The largest absolute Gasteiger partial charge is 0.316 e. The smallest absolute Gasteiger partial charge is 0.154 e. The Balaban J connectivity index is 2.76. The van der Waals surface area contributed by atoms with Crippen LogP contribution in [0.5, 0.6) is 0 Å². The van der Waals surface area contributed by atoms with Gasteiger partial charge in [-0.2, -0.15) is 0 Å². The molecule has 1 fully saturated rings. The molecule has 0 aromatic heterocycles. The second kappa shape index (κ2) is 6.90. The molecule has 0 amide bonds. The van der Waals surface area contributed by atoms with E-state index in [0.717, 1.165) is 32.1 Å². The summed E-state index contributed by atoms with van der Waals surface area (Å²) >= 11 is 0. The second-order valence-electron chi connectivity index (χ2n) is 5.99. The van der Waals surface area contributed by atoms with Crippen LogP contribution in [0.25, 0.3) is 0 Å². The Labute approximate surface area is 113 Å². The van der Waals surface area contributed by atoms with Crippen LogP contribution in [0.1, 0.15) is 52.9 Å². The minimum absolute atomic E-state index is 0.135. The maximum Gasteiger partial charge on any atom is 0.154 e. The molecule has 1 saturated carbocycles. The third-order valence-corrected chi connectivity index (χ3v) is 6.69. The minimum Gasteiger partial charge on any atom is -0.316 e. The molecule has 0 radical (unpaired) electrons. The van der Waals surface area contributed by atoms with Gasteiger partial charge in [0.25, 0.3) is 0 Å². The Morgan fingerprint density at radius 1 is 1.17 bits per heavy atom. The van der Waals surface area contributed by atoms with Crippen molar-refractivity contribution in [3.63, 3.8) is 0 Å². The average molecular weight is 275 g/mol. The molecule has 1 aliphatic rings. The molecule has 1 rings (SSSR count). The Morgan fingerprint density at radius 3 is 2.39 bits per heavy atom. The maximum atomic E-state index is 12.5. The van der Waals surface area contributed by atoms with E-state index in [9.17, 15) is 8.42 Å². The predicted octanol–water partition coefficient (Wildman–Crippen LogP) is 2.61. The predicted molar refractivity (Wildman–Crippen MR) is 77.5 cm³/mol. The van der Waals surface area contributed by atoms with Crippen LogP contribution in [0, 0.1) is 11.8 Å². The number of hydrogen-bond acceptors (Lipinski definition) is 3. The quantitative estimate of drug-likeness (QED) is 0.758. The van der Waals surface area contributed by atoms with Crippen molar-refractivity contribution in [1.29, 1.82) is 0 Å². The summed E-state index contributed by atoms with van der Waals surface area (Å²) in [7, 11) is -1.06. The lowest BCUT2D eigenvalue weighted by atomic mass is 9.80. The molecule has 4 heteroatoms. The number of rotatable bonds is 6. The first kappa shape index (κ1) is 16.0. The first-order valence-electron chi connectivity index (χ1n) is 7.31. The van der Waals surface area contributed by atoms with Crippen LogP contribution in [-0.2, 0) is 9.84 Å². The first-order chi connectivity index (χ1) is 8.42. The first-order valence-corrected chi connectivity index (χ1v) is 9.02. The summed E-state index contributed by atoms with van der Waals surface area (Å²) in [6.07, 6.45) is 4.92. The van der Waals surface area contributed by atoms with Gasteiger partial charge in [-0.15, -0.1) is 0 Å². The molecule has 18 heavy (non-hydrogen) atoms. The van der Waals surface area contributed by atoms with E-state index in [1.165, 1.54) is 0 Å². The Hall–Kier alpha value is -0.0900. The van der Waals surface area contributed by atoms with E-state index in [1.54, 1.807) is 0 Å². The van der Waals surface area contributed by atoms with Gasteiger partial charge in [-0.05, 0) is 38.1 Å². The normalized spacial score (nSPS) is 33.6. The van der Waals surface area contributed by atoms with E-state index in [0.29, 0.717) is 11.7 Å². The minimum atomic E-state index is -2.95. The van der Waals surface area contributed by atoms with Gasteiger partial charge in [0.05, 0.1) is 11.0 Å². The number of unbranched alkanes of at least 4 members (excludes halogenated alkanes) is 2. The fourth-order valence-electron chi connectivity index (χ4n) is 3.40. The fraction of sp³-hybridized carbons (Fsp3) is 1.00. The van der Waals surface area contributed by atoms with Gasteiger partial charge in [-0.25, -0.2) is 8.42 Å². The van der Waals surface area contributed by atoms with Crippen molar-refractivity contribution in [3.05, 3.63) is 0 Å². The topological polar surface area (TPSA) is 46.2 Å². The SMILES string of the molecule is CCCCCS(=O)(=O)C1C(C)CC(C)CC1NC. The lowest BCUT2D eigenvalue weighted by Gasteiger charge is -2.39. The lowest BCUT2D eigenvalue weighted by molar-refractivity contribution is 0.249. The van der Waals surface area contributed by atoms with E-state index in [2.05, 4.69) is 26.1 Å². The maximum absolute atomic E-state index is 12.5. The highest BCUT2D eigenvalue weighted by Crippen LogP contribution is 2.33. The van der Waals surface area contributed by atoms with Gasteiger partial charge in [0, 0.05) is 6.04 Å². The number of nitrogens with one attached hydrogen (secondary N) is 1. The van der Waals surface area contributed by atoms with Gasteiger partial charge in [-0.3, -0.25) is 0 Å². The molecule has 108 valence electrons. The van der Waals surface area contributed by atoms with Gasteiger partial charge in [0.15, 0.2) is 9.84 Å². The number of sulfone groups is 1. The zero-order chi connectivity index (χ0) is 13.8. The summed E-state index contributed by atoms with van der Waals surface area (Å²) in [6.45, 7) is 6.43. The Kier molecular flexibility index (Phi) is 6.12. The van der Waals surface area contributed by atoms with Crippen LogP contribution in [0.2, 0.25) is 0 Å². The molecule has 1 aliphatic carbocycles. The van der Waals surface area contributed by atoms with Crippen molar-refractivity contribution in [2.45, 2.75) is 64.2 Å². The molecule has 0 spiro atoms. The summed E-state index contributed by atoms with van der Waals surface area (Å²) < 4.78 is 25.0. The van der Waals surface area contributed by atoms with E-state index in [4.69, 9.17) is 0 Å². The summed E-state index contributed by atoms with van der Waals surface area (Å²) in [5, 5.41) is 3.05. The fourth-order valence-corrected chi connectivity index (χ4v) is 5.85. The van der Waals surface area contributed by atoms with Crippen molar-refractivity contribution in [2.75, 3.05) is 12.8 Å². The van der Waals surface area contributed by atoms with Gasteiger partial charge in [0.2, 0.25) is 0 Å². The second-order valence-corrected chi connectivity index (χ2v) is 8.27. The van der Waals surface area contributed by atoms with Gasteiger partial charge in [0.1, 0.15) is 0 Å². The zero-order valence-corrected chi connectivity index (χ0v) is 13.1. The van der Waals surface area contributed by atoms with Crippen LogP contribution in [0.3, 0.4) is 0 Å². The highest BCUT2D eigenvalue weighted by Gasteiger charge is 2.40. The molecule has 1 N–H and O–H groups in total. The van der Waals surface area contributed by atoms with E-state index >= 15 is 0 Å². The Morgan fingerprint density at radius 2 is 1.83 bits per heavy atom. The number of hydrogen-bond donors (Lipinski definition) is 1. The molecule has 3 nitrogen and oxygen atoms in total. The average Bonchev–Trinajstić information content (AvgIpc) is 2.27. The van der Waals surface area contributed by atoms with Crippen molar-refractivity contribution in [1.82, 2.24) is 5.32 Å². The van der Waals surface area contributed by atoms with Crippen molar-refractivity contribution in [3.8, 4) is 0 Å². The molecule has 0 aromatic carbocycles. The van der Waals surface area contributed by atoms with Crippen LogP contribution in [0.4, 0.5) is 0 Å². The summed E-state index contributed by atoms with van der Waals surface area (Å²) in [6, 6.07) is 0.135. The third kappa shape index (κ3) is 3.95. The van der Waals surface area contributed by atoms with Crippen LogP contribution < -0.4 is 5.32 Å². The van der Waals surface area contributed by atoms with Crippen molar-refractivity contribution >= 4 is 9.84 Å². The monoisotopic (exact) mass is 275 g/mol. The van der Waals surface area contributed by atoms with E-state index in [1.807, 2.05) is 7.05 Å². The standard InChI is InChI=1S/C14H29NO2S/c1-5-6-7-8-18(16,17)14-12(3)9-11(2)10-13(14)15-4/h11-15H,5-10H2,1-4H3. The van der Waals surface area contributed by atoms with Gasteiger partial charge in [-0.1, -0.05) is 33.6 Å². The third-order valence-electron chi connectivity index (χ3n) is 4.21. The molecular weight excluding hydrogens is 246 g/mol. The summed E-state index contributed by atoms with van der Waals surface area (Å²) in [5.41, 5.74) is 0. The molecule has 0 bridgehead atoms. The summed E-state index contributed by atoms with van der Waals surface area (Å²) in [5.74, 6) is 1.26. The molecule has 0 heterocycles. The lowest BCUT2D eigenvalue weighted by Crippen LogP contribution is -2.51. The highest BCUT2D eigenvalue weighted by molar-refractivity contribution is 7.92. The Bertz CT molecular complexity index is 340. The molecule has 0 saturated heterocycles. The van der Waals surface area contributed by atoms with Crippen LogP contribution >= 0.6 is 0 Å². The van der Waals surface area contributed by atoms with E-state index < -0.39 is 9.84 Å². The zero-order valence-electron chi connectivity index (χ0n) is 12.3. The molecular formula is C14H29NO2S. The molecule has 0 aliphatic heterocycles. The van der Waals surface area contributed by atoms with Crippen molar-refractivity contribution < 1.29 is 8.42 Å². The van der Waals surface area contributed by atoms with Crippen molar-refractivity contribution in [2.24, 2.45) is 11.8 Å². The molecule has 0 aromatic rings. The molecule has 4 atom stereocenters.